The molecule has 0 aliphatic carbocycles. The predicted octanol–water partition coefficient (Wildman–Crippen LogP) is 0.807. The van der Waals surface area contributed by atoms with Gasteiger partial charge in [-0.05, 0) is 24.9 Å². The van der Waals surface area contributed by atoms with Gasteiger partial charge in [-0.15, -0.1) is 0 Å². The van der Waals surface area contributed by atoms with Gasteiger partial charge in [0.2, 0.25) is 0 Å². The molecule has 2 atom stereocenters. The highest BCUT2D eigenvalue weighted by molar-refractivity contribution is 7.85. The number of nitrogens with zero attached hydrogens (tertiary/aromatic N) is 1. The lowest BCUT2D eigenvalue weighted by atomic mass is 10.2. The predicted molar refractivity (Wildman–Crippen MR) is 96.6 cm³/mol. The topological polar surface area (TPSA) is 122 Å². The molecule has 1 aromatic carbocycles. The number of hydrogen-bond acceptors (Lipinski definition) is 7. The Hall–Kier alpha value is -2.17. The van der Waals surface area contributed by atoms with Crippen LogP contribution in [0.2, 0.25) is 0 Å². The smallest absolute Gasteiger partial charge is 0.407 e. The number of amides is 1. The number of rotatable bonds is 9. The van der Waals surface area contributed by atoms with Gasteiger partial charge in [0.05, 0.1) is 18.9 Å². The van der Waals surface area contributed by atoms with Crippen molar-refractivity contribution in [3.63, 3.8) is 0 Å². The van der Waals surface area contributed by atoms with Crippen LogP contribution in [-0.4, -0.2) is 68.5 Å². The van der Waals surface area contributed by atoms with Crippen LogP contribution in [0.5, 0.6) is 0 Å². The highest BCUT2D eigenvalue weighted by Gasteiger charge is 2.32. The Bertz CT molecular complexity index is 739. The second-order valence-corrected chi connectivity index (χ2v) is 8.03. The van der Waals surface area contributed by atoms with Gasteiger partial charge in [0.15, 0.2) is 0 Å². The molecule has 150 valence electrons. The van der Waals surface area contributed by atoms with Crippen LogP contribution in [-0.2, 0) is 30.4 Å². The summed E-state index contributed by atoms with van der Waals surface area (Å²) in [7, 11) is -3.70. The maximum absolute atomic E-state index is 12.1. The second kappa shape index (κ2) is 9.67. The molecule has 0 spiro atoms. The van der Waals surface area contributed by atoms with Crippen LogP contribution in [0.4, 0.5) is 4.79 Å². The third-order valence-electron chi connectivity index (χ3n) is 4.12. The number of likely N-dealkylation sites (tertiary alicyclic amines) is 1. The molecule has 1 fully saturated rings. The number of hydrogen-bond donors (Lipinski definition) is 2. The normalized spacial score (nSPS) is 18.8. The number of nitrogens with one attached hydrogen (secondary N) is 1. The molecule has 27 heavy (non-hydrogen) atoms. The molecule has 2 N–H and O–H groups in total. The van der Waals surface area contributed by atoms with Crippen LogP contribution in [0.3, 0.4) is 0 Å². The molecule has 1 heterocycles. The summed E-state index contributed by atoms with van der Waals surface area (Å²) in [5, 5.41) is 11.8. The zero-order valence-electron chi connectivity index (χ0n) is 15.0. The quantitative estimate of drug-likeness (QED) is 0.584. The second-order valence-electron chi connectivity index (χ2n) is 6.38. The number of carbonyl (C=O) groups is 2. The first-order valence-corrected chi connectivity index (χ1v) is 10.3. The fraction of sp³-hybridized carbons (Fsp3) is 0.529. The van der Waals surface area contributed by atoms with Crippen LogP contribution in [0.1, 0.15) is 18.4 Å². The van der Waals surface area contributed by atoms with Crippen molar-refractivity contribution in [3.05, 3.63) is 35.9 Å². The van der Waals surface area contributed by atoms with Crippen LogP contribution < -0.4 is 5.32 Å². The third kappa shape index (κ3) is 7.53. The van der Waals surface area contributed by atoms with Crippen LogP contribution in [0, 0.1) is 0 Å². The standard InChI is InChI=1S/C17H24N2O7S/c1-27(23,24)26-12-14(10-19-9-5-8-15(19)16(20)21)18-17(22)25-11-13-6-3-2-4-7-13/h2-4,6-7,14-15H,5,8-12H2,1H3,(H,18,22)(H,20,21)/t14-,15-/m0/s1. The Balaban J connectivity index is 1.94. The summed E-state index contributed by atoms with van der Waals surface area (Å²) in [6.07, 6.45) is 1.41. The number of carboxylic acid groups (broad SMARTS) is 1. The van der Waals surface area contributed by atoms with Gasteiger partial charge in [0.1, 0.15) is 12.6 Å². The summed E-state index contributed by atoms with van der Waals surface area (Å²) in [6, 6.07) is 7.70. The van der Waals surface area contributed by atoms with Gasteiger partial charge in [0, 0.05) is 6.54 Å². The zero-order valence-corrected chi connectivity index (χ0v) is 15.9. The molecule has 1 saturated heterocycles. The van der Waals surface area contributed by atoms with Crippen molar-refractivity contribution in [1.82, 2.24) is 10.2 Å². The molecule has 10 heteroatoms. The van der Waals surface area contributed by atoms with Gasteiger partial charge in [-0.3, -0.25) is 13.9 Å². The molecule has 0 radical (unpaired) electrons. The van der Waals surface area contributed by atoms with Gasteiger partial charge in [-0.1, -0.05) is 30.3 Å². The SMILES string of the molecule is CS(=O)(=O)OC[C@H](CN1CCC[C@H]1C(=O)O)NC(=O)OCc1ccccc1. The molecule has 0 aromatic heterocycles. The number of benzene rings is 1. The van der Waals surface area contributed by atoms with Gasteiger partial charge in [-0.2, -0.15) is 8.42 Å². The van der Waals surface area contributed by atoms with E-state index in [0.717, 1.165) is 18.2 Å². The van der Waals surface area contributed by atoms with Gasteiger partial charge in [0.25, 0.3) is 10.1 Å². The summed E-state index contributed by atoms with van der Waals surface area (Å²) in [5.41, 5.74) is 0.807. The number of alkyl carbamates (subject to hydrolysis) is 1. The van der Waals surface area contributed by atoms with E-state index in [1.807, 2.05) is 18.2 Å². The van der Waals surface area contributed by atoms with Crippen molar-refractivity contribution in [2.75, 3.05) is 26.0 Å². The first-order chi connectivity index (χ1) is 12.7. The first kappa shape index (κ1) is 21.1. The third-order valence-corrected chi connectivity index (χ3v) is 4.69. The van der Waals surface area contributed by atoms with Crippen molar-refractivity contribution in [2.24, 2.45) is 0 Å². The largest absolute Gasteiger partial charge is 0.480 e. The molecule has 1 amide bonds. The van der Waals surface area contributed by atoms with E-state index in [1.165, 1.54) is 0 Å². The lowest BCUT2D eigenvalue weighted by molar-refractivity contribution is -0.142. The lowest BCUT2D eigenvalue weighted by Crippen LogP contribution is -2.49. The number of ether oxygens (including phenoxy) is 1. The molecule has 1 aliphatic rings. The van der Waals surface area contributed by atoms with Crippen molar-refractivity contribution in [2.45, 2.75) is 31.5 Å². The molecule has 2 rings (SSSR count). The molecule has 0 unspecified atom stereocenters. The van der Waals surface area contributed by atoms with E-state index < -0.39 is 34.3 Å². The fourth-order valence-electron chi connectivity index (χ4n) is 2.88. The van der Waals surface area contributed by atoms with Gasteiger partial charge < -0.3 is 15.2 Å². The van der Waals surface area contributed by atoms with E-state index in [2.05, 4.69) is 5.32 Å². The minimum Gasteiger partial charge on any atom is -0.480 e. The van der Waals surface area contributed by atoms with E-state index in [-0.39, 0.29) is 19.8 Å². The molecular formula is C17H24N2O7S. The number of carboxylic acids is 1. The summed E-state index contributed by atoms with van der Waals surface area (Å²) in [4.78, 5) is 25.1. The Kier molecular flexibility index (Phi) is 7.57. The summed E-state index contributed by atoms with van der Waals surface area (Å²) >= 11 is 0. The molecule has 9 nitrogen and oxygen atoms in total. The minimum atomic E-state index is -3.70. The maximum atomic E-state index is 12.1. The zero-order chi connectivity index (χ0) is 19.9. The number of aliphatic carboxylic acids is 1. The van der Waals surface area contributed by atoms with Crippen molar-refractivity contribution in [3.8, 4) is 0 Å². The van der Waals surface area contributed by atoms with E-state index in [1.54, 1.807) is 17.0 Å². The minimum absolute atomic E-state index is 0.0633. The van der Waals surface area contributed by atoms with Crippen LogP contribution in [0.25, 0.3) is 0 Å². The van der Waals surface area contributed by atoms with E-state index >= 15 is 0 Å². The maximum Gasteiger partial charge on any atom is 0.407 e. The Labute approximate surface area is 158 Å². The Morgan fingerprint density at radius 1 is 1.33 bits per heavy atom. The summed E-state index contributed by atoms with van der Waals surface area (Å²) < 4.78 is 32.5. The molecule has 1 aliphatic heterocycles. The Morgan fingerprint density at radius 2 is 2.04 bits per heavy atom. The average Bonchev–Trinajstić information content (AvgIpc) is 3.06. The van der Waals surface area contributed by atoms with E-state index in [9.17, 15) is 23.1 Å². The van der Waals surface area contributed by atoms with Crippen molar-refractivity contribution < 1.29 is 32.0 Å². The average molecular weight is 400 g/mol. The monoisotopic (exact) mass is 400 g/mol. The summed E-state index contributed by atoms with van der Waals surface area (Å²) in [6.45, 7) is 0.454. The van der Waals surface area contributed by atoms with Gasteiger partial charge >= 0.3 is 12.1 Å². The van der Waals surface area contributed by atoms with Crippen LogP contribution in [0.15, 0.2) is 30.3 Å². The fourth-order valence-corrected chi connectivity index (χ4v) is 3.30. The highest BCUT2D eigenvalue weighted by Crippen LogP contribution is 2.17. The van der Waals surface area contributed by atoms with Crippen molar-refractivity contribution >= 4 is 22.2 Å². The van der Waals surface area contributed by atoms with Gasteiger partial charge in [-0.25, -0.2) is 4.79 Å². The first-order valence-electron chi connectivity index (χ1n) is 8.53. The molecular weight excluding hydrogens is 376 g/mol. The van der Waals surface area contributed by atoms with E-state index in [0.29, 0.717) is 13.0 Å². The molecule has 0 bridgehead atoms. The molecule has 1 aromatic rings. The van der Waals surface area contributed by atoms with Crippen LogP contribution >= 0.6 is 0 Å². The van der Waals surface area contributed by atoms with Crippen molar-refractivity contribution in [1.29, 1.82) is 0 Å². The van der Waals surface area contributed by atoms with E-state index in [4.69, 9.17) is 8.92 Å². The number of carbonyl (C=O) groups excluding carboxylic acids is 1. The highest BCUT2D eigenvalue weighted by atomic mass is 32.2. The molecule has 0 saturated carbocycles. The lowest BCUT2D eigenvalue weighted by Gasteiger charge is -2.26. The Morgan fingerprint density at radius 3 is 2.67 bits per heavy atom. The summed E-state index contributed by atoms with van der Waals surface area (Å²) in [5.74, 6) is -0.943.